The first-order valence-electron chi connectivity index (χ1n) is 10.5. The van der Waals surface area contributed by atoms with Crippen molar-refractivity contribution < 1.29 is 13.7 Å². The summed E-state index contributed by atoms with van der Waals surface area (Å²) in [5.41, 5.74) is 2.81. The normalized spacial score (nSPS) is 23.3. The average molecular weight is 400 g/mol. The molecule has 6 heteroatoms. The Morgan fingerprint density at radius 2 is 2.14 bits per heavy atom. The van der Waals surface area contributed by atoms with Crippen LogP contribution < -0.4 is 4.90 Å². The van der Waals surface area contributed by atoms with Gasteiger partial charge in [-0.2, -0.15) is 0 Å². The average Bonchev–Trinajstić information content (AvgIpc) is 3.13. The van der Waals surface area contributed by atoms with Gasteiger partial charge in [-0.05, 0) is 71.1 Å². The fourth-order valence-electron chi connectivity index (χ4n) is 5.39. The smallest absolute Gasteiger partial charge is 0.222 e. The van der Waals surface area contributed by atoms with E-state index in [0.717, 1.165) is 48.6 Å². The Hall–Kier alpha value is -2.37. The number of rotatable bonds is 4. The number of carbonyl (C=O) groups is 1. The van der Waals surface area contributed by atoms with Crippen LogP contribution in [-0.4, -0.2) is 40.6 Å². The summed E-state index contributed by atoms with van der Waals surface area (Å²) in [6.07, 6.45) is 3.08. The van der Waals surface area contributed by atoms with E-state index in [1.165, 1.54) is 6.07 Å². The molecule has 1 aromatic carbocycles. The van der Waals surface area contributed by atoms with E-state index < -0.39 is 0 Å². The summed E-state index contributed by atoms with van der Waals surface area (Å²) in [6.45, 7) is 9.79. The van der Waals surface area contributed by atoms with Crippen molar-refractivity contribution in [2.75, 3.05) is 18.0 Å². The van der Waals surface area contributed by atoms with Gasteiger partial charge >= 0.3 is 0 Å². The fourth-order valence-corrected chi connectivity index (χ4v) is 5.39. The van der Waals surface area contributed by atoms with Crippen LogP contribution in [0.3, 0.4) is 0 Å². The summed E-state index contributed by atoms with van der Waals surface area (Å²) < 4.78 is 19.0. The van der Waals surface area contributed by atoms with Crippen molar-refractivity contribution in [3.8, 4) is 0 Å². The van der Waals surface area contributed by atoms with Gasteiger partial charge in [0.15, 0.2) is 0 Å². The lowest BCUT2D eigenvalue weighted by atomic mass is 9.89. The number of likely N-dealkylation sites (tertiary alicyclic amines) is 1. The first-order chi connectivity index (χ1) is 13.8. The molecule has 2 aliphatic heterocycles. The molecule has 0 radical (unpaired) electrons. The van der Waals surface area contributed by atoms with Crippen LogP contribution in [0, 0.1) is 25.6 Å². The van der Waals surface area contributed by atoms with Crippen molar-refractivity contribution in [3.05, 3.63) is 47.1 Å². The number of carbonyl (C=O) groups excluding carboxylic acids is 1. The predicted molar refractivity (Wildman–Crippen MR) is 110 cm³/mol. The van der Waals surface area contributed by atoms with E-state index in [4.69, 9.17) is 4.52 Å². The van der Waals surface area contributed by atoms with Crippen molar-refractivity contribution in [2.45, 2.75) is 65.0 Å². The monoisotopic (exact) mass is 399 g/mol. The summed E-state index contributed by atoms with van der Waals surface area (Å²) in [5, 5.41) is 3.98. The number of piperidine rings is 1. The van der Waals surface area contributed by atoms with Gasteiger partial charge in [-0.15, -0.1) is 0 Å². The Morgan fingerprint density at radius 1 is 1.34 bits per heavy atom. The van der Waals surface area contributed by atoms with Crippen molar-refractivity contribution in [2.24, 2.45) is 5.92 Å². The first kappa shape index (κ1) is 19.9. The third-order valence-electron chi connectivity index (χ3n) is 6.65. The van der Waals surface area contributed by atoms with Crippen molar-refractivity contribution in [1.29, 1.82) is 0 Å². The molecule has 156 valence electrons. The molecule has 2 saturated heterocycles. The second-order valence-corrected chi connectivity index (χ2v) is 9.13. The molecular weight excluding hydrogens is 369 g/mol. The third-order valence-corrected chi connectivity index (χ3v) is 6.65. The number of anilines is 1. The third kappa shape index (κ3) is 3.77. The molecule has 0 aliphatic carbocycles. The molecule has 5 nitrogen and oxygen atoms in total. The Kier molecular flexibility index (Phi) is 5.13. The second-order valence-electron chi connectivity index (χ2n) is 9.13. The number of halogens is 1. The quantitative estimate of drug-likeness (QED) is 0.770. The maximum Gasteiger partial charge on any atom is 0.222 e. The Bertz CT molecular complexity index is 888. The van der Waals surface area contributed by atoms with E-state index in [2.05, 4.69) is 23.9 Å². The highest BCUT2D eigenvalue weighted by Crippen LogP contribution is 2.44. The summed E-state index contributed by atoms with van der Waals surface area (Å²) in [4.78, 5) is 17.3. The van der Waals surface area contributed by atoms with Gasteiger partial charge in [0.25, 0.3) is 0 Å². The number of aromatic nitrogens is 1. The molecule has 0 unspecified atom stereocenters. The van der Waals surface area contributed by atoms with Crippen molar-refractivity contribution in [1.82, 2.24) is 10.1 Å². The zero-order valence-corrected chi connectivity index (χ0v) is 17.7. The number of benzene rings is 1. The highest BCUT2D eigenvalue weighted by Gasteiger charge is 2.48. The molecule has 0 saturated carbocycles. The van der Waals surface area contributed by atoms with Gasteiger partial charge in [0.2, 0.25) is 5.91 Å². The van der Waals surface area contributed by atoms with Crippen LogP contribution in [0.15, 0.2) is 28.8 Å². The fraction of sp³-hybridized carbons (Fsp3) is 0.565. The minimum Gasteiger partial charge on any atom is -0.363 e. The van der Waals surface area contributed by atoms with Crippen molar-refractivity contribution >= 4 is 11.6 Å². The Balaban J connectivity index is 1.43. The van der Waals surface area contributed by atoms with Crippen LogP contribution in [0.25, 0.3) is 0 Å². The predicted octanol–water partition coefficient (Wildman–Crippen LogP) is 4.27. The molecule has 3 heterocycles. The first-order valence-corrected chi connectivity index (χ1v) is 10.5. The number of nitrogens with zero attached hydrogens (tertiary/aromatic N) is 3. The zero-order valence-electron chi connectivity index (χ0n) is 17.7. The van der Waals surface area contributed by atoms with E-state index in [0.29, 0.717) is 24.8 Å². The topological polar surface area (TPSA) is 49.6 Å². The molecule has 2 fully saturated rings. The minimum absolute atomic E-state index is 0.0567. The van der Waals surface area contributed by atoms with E-state index >= 15 is 0 Å². The summed E-state index contributed by atoms with van der Waals surface area (Å²) in [5.74, 6) is 1.21. The maximum atomic E-state index is 13.8. The Morgan fingerprint density at radius 3 is 2.83 bits per heavy atom. The standard InChI is InChI=1S/C23H30FN3O2/c1-15-20(16(2)29-25-15)8-9-22(28)26-11-10-21-17(14-26)13-23(3,4)27(21)19-7-5-6-18(24)12-19/h5-7,12,17,21H,8-11,13-14H2,1-4H3/t17-,21+/m1/s1. The molecule has 2 atom stereocenters. The second kappa shape index (κ2) is 7.47. The maximum absolute atomic E-state index is 13.8. The van der Waals surface area contributed by atoms with Crippen LogP contribution in [0.4, 0.5) is 10.1 Å². The van der Waals surface area contributed by atoms with Gasteiger partial charge in [-0.25, -0.2) is 4.39 Å². The zero-order chi connectivity index (χ0) is 20.8. The number of hydrogen-bond donors (Lipinski definition) is 0. The van der Waals surface area contributed by atoms with E-state index in [1.807, 2.05) is 24.8 Å². The van der Waals surface area contributed by atoms with Crippen molar-refractivity contribution in [3.63, 3.8) is 0 Å². The van der Waals surface area contributed by atoms with E-state index in [-0.39, 0.29) is 17.3 Å². The van der Waals surface area contributed by atoms with Crippen LogP contribution in [0.5, 0.6) is 0 Å². The molecular formula is C23H30FN3O2. The lowest BCUT2D eigenvalue weighted by molar-refractivity contribution is -0.133. The number of fused-ring (bicyclic) bond motifs is 1. The van der Waals surface area contributed by atoms with Crippen LogP contribution >= 0.6 is 0 Å². The SMILES string of the molecule is Cc1noc(C)c1CCC(=O)N1CC[C@H]2[C@@H](C1)CC(C)(C)N2c1cccc(F)c1. The van der Waals surface area contributed by atoms with E-state index in [9.17, 15) is 9.18 Å². The van der Waals surface area contributed by atoms with Gasteiger partial charge in [0.1, 0.15) is 11.6 Å². The van der Waals surface area contributed by atoms with Crippen LogP contribution in [0.1, 0.15) is 50.1 Å². The van der Waals surface area contributed by atoms with Gasteiger partial charge in [0, 0.05) is 42.3 Å². The summed E-state index contributed by atoms with van der Waals surface area (Å²) in [7, 11) is 0. The minimum atomic E-state index is -0.200. The summed E-state index contributed by atoms with van der Waals surface area (Å²) in [6, 6.07) is 7.24. The molecule has 4 rings (SSSR count). The molecule has 0 spiro atoms. The van der Waals surface area contributed by atoms with Crippen LogP contribution in [0.2, 0.25) is 0 Å². The van der Waals surface area contributed by atoms with Gasteiger partial charge in [-0.1, -0.05) is 11.2 Å². The Labute approximate surface area is 171 Å². The number of aryl methyl sites for hydroxylation is 2. The molecule has 1 amide bonds. The molecule has 2 aromatic rings. The van der Waals surface area contributed by atoms with Gasteiger partial charge in [0.05, 0.1) is 5.69 Å². The molecule has 0 N–H and O–H groups in total. The largest absolute Gasteiger partial charge is 0.363 e. The lowest BCUT2D eigenvalue weighted by Crippen LogP contribution is -2.50. The van der Waals surface area contributed by atoms with Gasteiger partial charge < -0.3 is 14.3 Å². The summed E-state index contributed by atoms with van der Waals surface area (Å²) >= 11 is 0. The molecule has 2 aliphatic rings. The highest BCUT2D eigenvalue weighted by atomic mass is 19.1. The molecule has 29 heavy (non-hydrogen) atoms. The number of hydrogen-bond acceptors (Lipinski definition) is 4. The van der Waals surface area contributed by atoms with Gasteiger partial charge in [-0.3, -0.25) is 4.79 Å². The molecule has 0 bridgehead atoms. The van der Waals surface area contributed by atoms with E-state index in [1.54, 1.807) is 12.1 Å². The lowest BCUT2D eigenvalue weighted by Gasteiger charge is -2.42. The molecule has 1 aromatic heterocycles. The van der Waals surface area contributed by atoms with Crippen LogP contribution in [-0.2, 0) is 11.2 Å². The highest BCUT2D eigenvalue weighted by molar-refractivity contribution is 5.76. The number of amides is 1.